The maximum atomic E-state index is 3.42. The molecular weight excluding hydrogens is 192 g/mol. The van der Waals surface area contributed by atoms with Gasteiger partial charge in [0.2, 0.25) is 0 Å². The third-order valence-electron chi connectivity index (χ3n) is 0.817. The van der Waals surface area contributed by atoms with Gasteiger partial charge < -0.3 is 0 Å². The maximum Gasteiger partial charge on any atom is 0.0529 e. The van der Waals surface area contributed by atoms with Crippen LogP contribution in [-0.2, 0) is 0 Å². The van der Waals surface area contributed by atoms with Crippen LogP contribution < -0.4 is 0 Å². The lowest BCUT2D eigenvalue weighted by Gasteiger charge is -1.68. The van der Waals surface area contributed by atoms with Crippen LogP contribution in [0.5, 0.6) is 0 Å². The normalized spacial score (nSPS) is 7.38. The molecule has 0 N–H and O–H groups in total. The van der Waals surface area contributed by atoms with Gasteiger partial charge in [-0.1, -0.05) is 0 Å². The van der Waals surface area contributed by atoms with E-state index in [0.29, 0.717) is 0 Å². The van der Waals surface area contributed by atoms with Crippen molar-refractivity contribution in [2.24, 2.45) is 0 Å². The minimum atomic E-state index is 0. The molecule has 0 aliphatic heterocycles. The lowest BCUT2D eigenvalue weighted by molar-refractivity contribution is 0.865. The molecule has 0 bridgehead atoms. The van der Waals surface area contributed by atoms with Crippen LogP contribution in [0, 0.1) is 0 Å². The number of aromatic nitrogens is 6. The van der Waals surface area contributed by atoms with Gasteiger partial charge in [-0.05, 0) is 22.6 Å². The highest BCUT2D eigenvalue weighted by molar-refractivity contribution is 5.85. The van der Waals surface area contributed by atoms with Crippen LogP contribution in [0.15, 0.2) is 36.9 Å². The molecule has 0 aliphatic rings. The van der Waals surface area contributed by atoms with Gasteiger partial charge in [0.1, 0.15) is 0 Å². The number of halogens is 1. The second-order valence-electron chi connectivity index (χ2n) is 1.62. The lowest BCUT2D eigenvalue weighted by atomic mass is 10.7. The highest BCUT2D eigenvalue weighted by Crippen LogP contribution is 1.62. The molecular formula is C6H7ClN6. The van der Waals surface area contributed by atoms with E-state index in [0.717, 1.165) is 0 Å². The number of hydrogen-bond donors (Lipinski definition) is 0. The second-order valence-corrected chi connectivity index (χ2v) is 1.62. The smallest absolute Gasteiger partial charge is 0.0529 e. The van der Waals surface area contributed by atoms with Gasteiger partial charge in [0, 0.05) is 0 Å². The zero-order chi connectivity index (χ0) is 8.49. The first-order valence-electron chi connectivity index (χ1n) is 3.17. The van der Waals surface area contributed by atoms with Gasteiger partial charge >= 0.3 is 0 Å². The van der Waals surface area contributed by atoms with Gasteiger partial charge in [0.25, 0.3) is 0 Å². The van der Waals surface area contributed by atoms with Crippen molar-refractivity contribution < 1.29 is 0 Å². The molecule has 0 radical (unpaired) electrons. The predicted octanol–water partition coefficient (Wildman–Crippen LogP) is 0.165. The summed E-state index contributed by atoms with van der Waals surface area (Å²) in [6, 6.07) is 3.43. The first kappa shape index (κ1) is 11.3. The second kappa shape index (κ2) is 8.41. The fourth-order valence-corrected chi connectivity index (χ4v) is 0.410. The number of nitrogens with zero attached hydrogens (tertiary/aromatic N) is 6. The van der Waals surface area contributed by atoms with Crippen molar-refractivity contribution in [1.29, 1.82) is 0 Å². The average Bonchev–Trinajstić information content (AvgIpc) is 2.24. The highest BCUT2D eigenvalue weighted by Gasteiger charge is 1.61. The van der Waals surface area contributed by atoms with Crippen LogP contribution in [0.1, 0.15) is 0 Å². The largest absolute Gasteiger partial charge is 0.147 e. The minimum Gasteiger partial charge on any atom is -0.147 e. The standard InChI is InChI=1S/2C3H3N3.ClH/c2*1-2-4-6-5-3-1;/h2*1-3H;1H. The first-order chi connectivity index (χ1) is 6.00. The van der Waals surface area contributed by atoms with Crippen molar-refractivity contribution in [2.45, 2.75) is 0 Å². The molecule has 0 saturated heterocycles. The van der Waals surface area contributed by atoms with E-state index in [4.69, 9.17) is 0 Å². The van der Waals surface area contributed by atoms with Crippen molar-refractivity contribution in [2.75, 3.05) is 0 Å². The molecule has 0 fully saturated rings. The first-order valence-corrected chi connectivity index (χ1v) is 3.17. The molecule has 0 spiro atoms. The highest BCUT2D eigenvalue weighted by atomic mass is 35.5. The fraction of sp³-hybridized carbons (Fsp3) is 0. The third kappa shape index (κ3) is 6.70. The molecule has 68 valence electrons. The number of hydrogen-bond acceptors (Lipinski definition) is 6. The topological polar surface area (TPSA) is 77.3 Å². The van der Waals surface area contributed by atoms with Crippen LogP contribution in [0.3, 0.4) is 0 Å². The van der Waals surface area contributed by atoms with E-state index in [9.17, 15) is 0 Å². The van der Waals surface area contributed by atoms with Crippen molar-refractivity contribution in [3.8, 4) is 0 Å². The predicted molar refractivity (Wildman–Crippen MR) is 46.9 cm³/mol. The third-order valence-corrected chi connectivity index (χ3v) is 0.817. The van der Waals surface area contributed by atoms with E-state index in [1.807, 2.05) is 0 Å². The van der Waals surface area contributed by atoms with Gasteiger partial charge in [0.15, 0.2) is 0 Å². The average molecular weight is 199 g/mol. The van der Waals surface area contributed by atoms with Crippen molar-refractivity contribution in [3.63, 3.8) is 0 Å². The van der Waals surface area contributed by atoms with Gasteiger partial charge in [-0.3, -0.25) is 0 Å². The molecule has 2 rings (SSSR count). The van der Waals surface area contributed by atoms with E-state index in [1.54, 1.807) is 36.9 Å². The molecule has 2 heterocycles. The summed E-state index contributed by atoms with van der Waals surface area (Å²) in [6.45, 7) is 0. The molecule has 0 aromatic carbocycles. The molecule has 2 aromatic heterocycles. The Kier molecular flexibility index (Phi) is 7.31. The summed E-state index contributed by atoms with van der Waals surface area (Å²) < 4.78 is 0. The maximum absolute atomic E-state index is 3.42. The zero-order valence-electron chi connectivity index (χ0n) is 6.56. The van der Waals surface area contributed by atoms with Crippen molar-refractivity contribution in [3.05, 3.63) is 36.9 Å². The Morgan fingerprint density at radius 1 is 0.538 bits per heavy atom. The van der Waals surface area contributed by atoms with Crippen LogP contribution in [0.4, 0.5) is 0 Å². The Morgan fingerprint density at radius 2 is 0.846 bits per heavy atom. The van der Waals surface area contributed by atoms with Crippen molar-refractivity contribution >= 4 is 12.4 Å². The summed E-state index contributed by atoms with van der Waals surface area (Å²) in [6.07, 6.45) is 6.31. The minimum absolute atomic E-state index is 0. The van der Waals surface area contributed by atoms with E-state index >= 15 is 0 Å². The van der Waals surface area contributed by atoms with Gasteiger partial charge in [-0.15, -0.1) is 32.8 Å². The Hall–Kier alpha value is -1.69. The molecule has 0 amide bonds. The van der Waals surface area contributed by atoms with Gasteiger partial charge in [-0.2, -0.15) is 0 Å². The van der Waals surface area contributed by atoms with Crippen LogP contribution >= 0.6 is 12.4 Å². The Balaban J connectivity index is 0.000000206. The summed E-state index contributed by atoms with van der Waals surface area (Å²) in [4.78, 5) is 0. The molecule has 13 heavy (non-hydrogen) atoms. The van der Waals surface area contributed by atoms with Crippen LogP contribution in [-0.4, -0.2) is 30.8 Å². The summed E-state index contributed by atoms with van der Waals surface area (Å²) in [5.74, 6) is 0. The Morgan fingerprint density at radius 3 is 0.923 bits per heavy atom. The summed E-state index contributed by atoms with van der Waals surface area (Å²) in [7, 11) is 0. The Bertz CT molecular complexity index is 193. The lowest BCUT2D eigenvalue weighted by Crippen LogP contribution is -1.78. The van der Waals surface area contributed by atoms with Gasteiger partial charge in [0.05, 0.1) is 24.8 Å². The molecule has 7 heteroatoms. The van der Waals surface area contributed by atoms with Crippen LogP contribution in [0.2, 0.25) is 0 Å². The monoisotopic (exact) mass is 198 g/mol. The SMILES string of the molecule is Cl.c1cnnnc1.c1cnnnc1. The van der Waals surface area contributed by atoms with E-state index < -0.39 is 0 Å². The summed E-state index contributed by atoms with van der Waals surface area (Å²) >= 11 is 0. The number of rotatable bonds is 0. The molecule has 0 unspecified atom stereocenters. The quantitative estimate of drug-likeness (QED) is 0.600. The zero-order valence-corrected chi connectivity index (χ0v) is 7.37. The fourth-order valence-electron chi connectivity index (χ4n) is 0.410. The molecule has 2 aromatic rings. The summed E-state index contributed by atoms with van der Waals surface area (Å²) in [5, 5.41) is 20.3. The molecule has 0 atom stereocenters. The molecule has 0 saturated carbocycles. The van der Waals surface area contributed by atoms with Gasteiger partial charge in [-0.25, -0.2) is 0 Å². The van der Waals surface area contributed by atoms with Crippen LogP contribution in [0.25, 0.3) is 0 Å². The molecule has 0 aliphatic carbocycles. The molecule has 6 nitrogen and oxygen atoms in total. The van der Waals surface area contributed by atoms with E-state index in [-0.39, 0.29) is 12.4 Å². The Labute approximate surface area is 80.8 Å². The van der Waals surface area contributed by atoms with Crippen molar-refractivity contribution in [1.82, 2.24) is 30.8 Å². The summed E-state index contributed by atoms with van der Waals surface area (Å²) in [5.41, 5.74) is 0. The van der Waals surface area contributed by atoms with E-state index in [2.05, 4.69) is 30.8 Å². The van der Waals surface area contributed by atoms with E-state index in [1.165, 1.54) is 0 Å².